The van der Waals surface area contributed by atoms with Crippen molar-refractivity contribution >= 4 is 11.8 Å². The number of β-amino-alcohol motifs (C(OH)–C–C–N with tert-alkyl or cyclic N) is 1. The van der Waals surface area contributed by atoms with Gasteiger partial charge in [-0.25, -0.2) is 0 Å². The smallest absolute Gasteiger partial charge is 0.245 e. The first-order chi connectivity index (χ1) is 7.59. The number of aliphatic hydroxyl groups excluding tert-OH is 1. The number of nitrogens with zero attached hydrogens (tertiary/aromatic N) is 1. The van der Waals surface area contributed by atoms with Crippen molar-refractivity contribution in [3.63, 3.8) is 0 Å². The van der Waals surface area contributed by atoms with Gasteiger partial charge < -0.3 is 20.6 Å². The van der Waals surface area contributed by atoms with Crippen LogP contribution in [0, 0.1) is 0 Å². The number of amides is 2. The molecule has 2 amide bonds. The lowest BCUT2D eigenvalue weighted by Gasteiger charge is -2.28. The van der Waals surface area contributed by atoms with E-state index in [0.717, 1.165) is 0 Å². The molecule has 2 heterocycles. The molecule has 0 saturated carbocycles. The summed E-state index contributed by atoms with van der Waals surface area (Å²) in [4.78, 5) is 24.6. The number of nitrogens with one attached hydrogen (secondary N) is 2. The first kappa shape index (κ1) is 11.3. The van der Waals surface area contributed by atoms with Crippen molar-refractivity contribution < 1.29 is 14.7 Å². The summed E-state index contributed by atoms with van der Waals surface area (Å²) in [7, 11) is 1.67. The van der Waals surface area contributed by atoms with Crippen molar-refractivity contribution in [3.8, 4) is 0 Å². The summed E-state index contributed by atoms with van der Waals surface area (Å²) in [6.45, 7) is 1.11. The zero-order valence-corrected chi connectivity index (χ0v) is 9.27. The largest absolute Gasteiger partial charge is 0.390 e. The highest BCUT2D eigenvalue weighted by Gasteiger charge is 2.36. The van der Waals surface area contributed by atoms with Gasteiger partial charge in [0.05, 0.1) is 12.1 Å². The van der Waals surface area contributed by atoms with Gasteiger partial charge in [0.2, 0.25) is 11.8 Å². The molecule has 3 N–H and O–H groups in total. The predicted molar refractivity (Wildman–Crippen MR) is 56.6 cm³/mol. The minimum absolute atomic E-state index is 0.0724. The third kappa shape index (κ3) is 2.03. The minimum Gasteiger partial charge on any atom is -0.390 e. The molecule has 0 aliphatic carbocycles. The predicted octanol–water partition coefficient (Wildman–Crippen LogP) is -1.94. The summed E-state index contributed by atoms with van der Waals surface area (Å²) < 4.78 is 0. The lowest BCUT2D eigenvalue weighted by atomic mass is 10.1. The van der Waals surface area contributed by atoms with Crippen LogP contribution in [0.2, 0.25) is 0 Å². The molecule has 1 unspecified atom stereocenters. The molecule has 0 aromatic rings. The number of carbonyl (C=O) groups is 2. The lowest BCUT2D eigenvalue weighted by Crippen LogP contribution is -2.50. The summed E-state index contributed by atoms with van der Waals surface area (Å²) in [5.74, 6) is -0.185. The third-order valence-corrected chi connectivity index (χ3v) is 3.29. The van der Waals surface area contributed by atoms with Crippen LogP contribution >= 0.6 is 0 Å². The molecule has 3 atom stereocenters. The maximum absolute atomic E-state index is 12.0. The summed E-state index contributed by atoms with van der Waals surface area (Å²) in [5, 5.41) is 15.3. The Morgan fingerprint density at radius 1 is 1.50 bits per heavy atom. The van der Waals surface area contributed by atoms with Crippen molar-refractivity contribution in [2.24, 2.45) is 0 Å². The first-order valence-electron chi connectivity index (χ1n) is 5.54. The Balaban J connectivity index is 1.96. The van der Waals surface area contributed by atoms with Crippen LogP contribution in [0.3, 0.4) is 0 Å². The molecule has 2 aliphatic rings. The fraction of sp³-hybridized carbons (Fsp3) is 0.800. The van der Waals surface area contributed by atoms with E-state index in [4.69, 9.17) is 0 Å². The lowest BCUT2D eigenvalue weighted by molar-refractivity contribution is -0.136. The van der Waals surface area contributed by atoms with E-state index in [-0.39, 0.29) is 17.9 Å². The van der Waals surface area contributed by atoms with Gasteiger partial charge in [-0.3, -0.25) is 9.59 Å². The molecule has 6 nitrogen and oxygen atoms in total. The Kier molecular flexibility index (Phi) is 3.11. The van der Waals surface area contributed by atoms with Crippen molar-refractivity contribution in [1.82, 2.24) is 15.5 Å². The molecule has 2 fully saturated rings. The second kappa shape index (κ2) is 4.39. The van der Waals surface area contributed by atoms with E-state index in [1.54, 1.807) is 11.9 Å². The summed E-state index contributed by atoms with van der Waals surface area (Å²) in [6, 6.07) is -0.602. The number of carbonyl (C=O) groups excluding carboxylic acids is 2. The zero-order valence-electron chi connectivity index (χ0n) is 9.27. The number of rotatable bonds is 2. The Hall–Kier alpha value is -1.14. The number of hydrogen-bond acceptors (Lipinski definition) is 4. The Bertz CT molecular complexity index is 308. The van der Waals surface area contributed by atoms with E-state index in [1.165, 1.54) is 0 Å². The highest BCUT2D eigenvalue weighted by molar-refractivity contribution is 5.90. The van der Waals surface area contributed by atoms with Crippen LogP contribution in [-0.2, 0) is 9.59 Å². The number of likely N-dealkylation sites (N-methyl/N-ethyl adjacent to an activating group) is 1. The van der Waals surface area contributed by atoms with Crippen LogP contribution < -0.4 is 10.6 Å². The van der Waals surface area contributed by atoms with Crippen molar-refractivity contribution in [3.05, 3.63) is 0 Å². The summed E-state index contributed by atoms with van der Waals surface area (Å²) in [5.41, 5.74) is 0. The van der Waals surface area contributed by atoms with Crippen LogP contribution in [0.1, 0.15) is 12.8 Å². The monoisotopic (exact) mass is 227 g/mol. The first-order valence-corrected chi connectivity index (χ1v) is 5.54. The Labute approximate surface area is 94.0 Å². The Morgan fingerprint density at radius 2 is 2.25 bits per heavy atom. The topological polar surface area (TPSA) is 81.7 Å². The minimum atomic E-state index is -0.522. The molecule has 2 aliphatic heterocycles. The molecule has 0 aromatic heterocycles. The molecule has 0 radical (unpaired) electrons. The van der Waals surface area contributed by atoms with E-state index in [1.807, 2.05) is 0 Å². The van der Waals surface area contributed by atoms with E-state index in [2.05, 4.69) is 10.6 Å². The molecule has 0 spiro atoms. The molecule has 90 valence electrons. The van der Waals surface area contributed by atoms with Gasteiger partial charge in [-0.1, -0.05) is 0 Å². The molecule has 0 aromatic carbocycles. The Morgan fingerprint density at radius 3 is 2.75 bits per heavy atom. The normalized spacial score (nSPS) is 33.9. The van der Waals surface area contributed by atoms with Crippen molar-refractivity contribution in [1.29, 1.82) is 0 Å². The number of aliphatic hydroxyl groups is 1. The fourth-order valence-corrected chi connectivity index (χ4v) is 2.25. The average Bonchev–Trinajstić information content (AvgIpc) is 2.85. The van der Waals surface area contributed by atoms with Gasteiger partial charge >= 0.3 is 0 Å². The highest BCUT2D eigenvalue weighted by atomic mass is 16.3. The number of hydrogen-bond donors (Lipinski definition) is 3. The standard InChI is InChI=1S/C10H17N3O3/c1-13(7-4-11-5-8(7)14)10(16)6-2-3-9(15)12-6/h6-8,11,14H,2-5H2,1H3,(H,12,15)/t6?,7-,8-/m0/s1. The maximum Gasteiger partial charge on any atom is 0.245 e. The van der Waals surface area contributed by atoms with Crippen LogP contribution in [-0.4, -0.2) is 60.1 Å². The van der Waals surface area contributed by atoms with Crippen molar-refractivity contribution in [2.45, 2.75) is 31.0 Å². The van der Waals surface area contributed by atoms with E-state index < -0.39 is 12.1 Å². The maximum atomic E-state index is 12.0. The second-order valence-corrected chi connectivity index (χ2v) is 4.40. The van der Waals surface area contributed by atoms with Gasteiger partial charge in [0.1, 0.15) is 6.04 Å². The molecule has 2 rings (SSSR count). The molecule has 6 heteroatoms. The van der Waals surface area contributed by atoms with E-state index in [9.17, 15) is 14.7 Å². The average molecular weight is 227 g/mol. The van der Waals surface area contributed by atoms with Gasteiger partial charge in [0.25, 0.3) is 0 Å². The molecule has 2 saturated heterocycles. The van der Waals surface area contributed by atoms with Gasteiger partial charge in [0, 0.05) is 26.6 Å². The van der Waals surface area contributed by atoms with Crippen LogP contribution in [0.4, 0.5) is 0 Å². The summed E-state index contributed by atoms with van der Waals surface area (Å²) >= 11 is 0. The second-order valence-electron chi connectivity index (χ2n) is 4.40. The molecule has 0 bridgehead atoms. The van der Waals surface area contributed by atoms with Crippen LogP contribution in [0.25, 0.3) is 0 Å². The highest BCUT2D eigenvalue weighted by Crippen LogP contribution is 2.13. The third-order valence-electron chi connectivity index (χ3n) is 3.29. The van der Waals surface area contributed by atoms with Gasteiger partial charge in [0.15, 0.2) is 0 Å². The van der Waals surface area contributed by atoms with Crippen LogP contribution in [0.5, 0.6) is 0 Å². The molecular weight excluding hydrogens is 210 g/mol. The van der Waals surface area contributed by atoms with E-state index in [0.29, 0.717) is 25.9 Å². The zero-order chi connectivity index (χ0) is 11.7. The summed E-state index contributed by atoms with van der Waals surface area (Å²) in [6.07, 6.45) is 0.444. The van der Waals surface area contributed by atoms with E-state index >= 15 is 0 Å². The SMILES string of the molecule is CN(C(=O)C1CCC(=O)N1)[C@H]1CNC[C@@H]1O. The van der Waals surface area contributed by atoms with Gasteiger partial charge in [-0.15, -0.1) is 0 Å². The molecular formula is C10H17N3O3. The fourth-order valence-electron chi connectivity index (χ4n) is 2.25. The van der Waals surface area contributed by atoms with Gasteiger partial charge in [-0.2, -0.15) is 0 Å². The quantitative estimate of drug-likeness (QED) is 0.512. The van der Waals surface area contributed by atoms with Gasteiger partial charge in [-0.05, 0) is 6.42 Å². The molecule has 16 heavy (non-hydrogen) atoms. The van der Waals surface area contributed by atoms with Crippen LogP contribution in [0.15, 0.2) is 0 Å². The van der Waals surface area contributed by atoms with Crippen molar-refractivity contribution in [2.75, 3.05) is 20.1 Å².